The van der Waals surface area contributed by atoms with Crippen LogP contribution in [0.3, 0.4) is 0 Å². The highest BCUT2D eigenvalue weighted by Gasteiger charge is 2.32. The lowest BCUT2D eigenvalue weighted by Crippen LogP contribution is -2.46. The van der Waals surface area contributed by atoms with Gasteiger partial charge in [-0.2, -0.15) is 13.2 Å². The fraction of sp³-hybridized carbons (Fsp3) is 0.700. The summed E-state index contributed by atoms with van der Waals surface area (Å²) in [5, 5.41) is 3.46. The maximum absolute atomic E-state index is 12.8. The number of ether oxygens (including phenoxy) is 1. The van der Waals surface area contributed by atoms with E-state index in [0.29, 0.717) is 17.8 Å². The SMILES string of the molecule is CCOC1CCC(N2CCC(Nc3ccc(C(F)(F)F)cc3Cl)CC2)CC1. The molecule has 0 atom stereocenters. The number of hydrogen-bond acceptors (Lipinski definition) is 3. The van der Waals surface area contributed by atoms with Crippen molar-refractivity contribution < 1.29 is 17.9 Å². The molecule has 27 heavy (non-hydrogen) atoms. The van der Waals surface area contributed by atoms with Crippen molar-refractivity contribution in [2.75, 3.05) is 25.0 Å². The van der Waals surface area contributed by atoms with Gasteiger partial charge in [0.05, 0.1) is 22.4 Å². The normalized spacial score (nSPS) is 25.5. The van der Waals surface area contributed by atoms with Crippen LogP contribution >= 0.6 is 11.6 Å². The Kier molecular flexibility index (Phi) is 6.93. The minimum absolute atomic E-state index is 0.126. The van der Waals surface area contributed by atoms with Gasteiger partial charge in [0.25, 0.3) is 0 Å². The lowest BCUT2D eigenvalue weighted by molar-refractivity contribution is -0.137. The van der Waals surface area contributed by atoms with Gasteiger partial charge in [-0.05, 0) is 63.6 Å². The lowest BCUT2D eigenvalue weighted by atomic mass is 9.90. The van der Waals surface area contributed by atoms with E-state index < -0.39 is 11.7 Å². The van der Waals surface area contributed by atoms with Crippen molar-refractivity contribution >= 4 is 17.3 Å². The van der Waals surface area contributed by atoms with E-state index in [9.17, 15) is 13.2 Å². The zero-order valence-electron chi connectivity index (χ0n) is 15.7. The van der Waals surface area contributed by atoms with Crippen LogP contribution < -0.4 is 5.32 Å². The predicted molar refractivity (Wildman–Crippen MR) is 102 cm³/mol. The molecule has 1 aromatic carbocycles. The van der Waals surface area contributed by atoms with Crippen LogP contribution in [0.5, 0.6) is 0 Å². The molecule has 3 nitrogen and oxygen atoms in total. The van der Waals surface area contributed by atoms with Crippen molar-refractivity contribution in [3.63, 3.8) is 0 Å². The van der Waals surface area contributed by atoms with E-state index in [2.05, 4.69) is 10.2 Å². The topological polar surface area (TPSA) is 24.5 Å². The maximum atomic E-state index is 12.8. The molecule has 0 radical (unpaired) electrons. The van der Waals surface area contributed by atoms with E-state index in [1.54, 1.807) is 0 Å². The second-order valence-electron chi connectivity index (χ2n) is 7.53. The minimum Gasteiger partial charge on any atom is -0.381 e. The molecule has 0 unspecified atom stereocenters. The summed E-state index contributed by atoms with van der Waals surface area (Å²) < 4.78 is 44.0. The second-order valence-corrected chi connectivity index (χ2v) is 7.94. The van der Waals surface area contributed by atoms with Gasteiger partial charge >= 0.3 is 6.18 Å². The van der Waals surface area contributed by atoms with Crippen molar-refractivity contribution in [3.8, 4) is 0 Å². The zero-order valence-corrected chi connectivity index (χ0v) is 16.5. The summed E-state index contributed by atoms with van der Waals surface area (Å²) >= 11 is 6.06. The lowest BCUT2D eigenvalue weighted by Gasteiger charge is -2.41. The molecule has 152 valence electrons. The van der Waals surface area contributed by atoms with Crippen LogP contribution in [0.25, 0.3) is 0 Å². The van der Waals surface area contributed by atoms with Crippen LogP contribution in [0, 0.1) is 0 Å². The van der Waals surface area contributed by atoms with E-state index in [1.807, 2.05) is 6.92 Å². The molecule has 3 rings (SSSR count). The molecule has 1 aromatic rings. The molecular weight excluding hydrogens is 377 g/mol. The molecular formula is C20H28ClF3N2O. The van der Waals surface area contributed by atoms with E-state index in [4.69, 9.17) is 16.3 Å². The summed E-state index contributed by atoms with van der Waals surface area (Å²) in [6.07, 6.45) is 2.66. The number of nitrogens with one attached hydrogen (secondary N) is 1. The largest absolute Gasteiger partial charge is 0.416 e. The highest BCUT2D eigenvalue weighted by atomic mass is 35.5. The average Bonchev–Trinajstić information content (AvgIpc) is 2.64. The summed E-state index contributed by atoms with van der Waals surface area (Å²) in [4.78, 5) is 2.56. The van der Waals surface area contributed by atoms with Crippen molar-refractivity contribution in [2.24, 2.45) is 0 Å². The van der Waals surface area contributed by atoms with Crippen LogP contribution in [0.4, 0.5) is 18.9 Å². The molecule has 1 saturated heterocycles. The third-order valence-electron chi connectivity index (χ3n) is 5.75. The average molecular weight is 405 g/mol. The Morgan fingerprint density at radius 1 is 1.11 bits per heavy atom. The Hall–Kier alpha value is -0.980. The van der Waals surface area contributed by atoms with Crippen molar-refractivity contribution in [1.29, 1.82) is 0 Å². The molecule has 7 heteroatoms. The standard InChI is InChI=1S/C20H28ClF3N2O/c1-2-27-17-6-4-16(5-7-17)26-11-9-15(10-12-26)25-19-8-3-14(13-18(19)21)20(22,23)24/h3,8,13,15-17,25H,2,4-7,9-12H2,1H3. The van der Waals surface area contributed by atoms with Crippen molar-refractivity contribution in [1.82, 2.24) is 4.90 Å². The molecule has 1 aliphatic carbocycles. The van der Waals surface area contributed by atoms with Gasteiger partial charge in [0.2, 0.25) is 0 Å². The van der Waals surface area contributed by atoms with Gasteiger partial charge in [-0.15, -0.1) is 0 Å². The molecule has 0 bridgehead atoms. The first kappa shape index (κ1) is 20.7. The number of hydrogen-bond donors (Lipinski definition) is 1. The first-order valence-corrected chi connectivity index (χ1v) is 10.2. The Bertz CT molecular complexity index is 610. The highest BCUT2D eigenvalue weighted by Crippen LogP contribution is 2.34. The van der Waals surface area contributed by atoms with Crippen LogP contribution in [0.1, 0.15) is 51.0 Å². The Morgan fingerprint density at radius 3 is 2.33 bits per heavy atom. The first-order chi connectivity index (χ1) is 12.9. The molecule has 0 aromatic heterocycles. The third kappa shape index (κ3) is 5.52. The maximum Gasteiger partial charge on any atom is 0.416 e. The fourth-order valence-corrected chi connectivity index (χ4v) is 4.49. The number of nitrogens with zero attached hydrogens (tertiary/aromatic N) is 1. The number of anilines is 1. The fourth-order valence-electron chi connectivity index (χ4n) is 4.25. The number of piperidine rings is 1. The molecule has 1 N–H and O–H groups in total. The van der Waals surface area contributed by atoms with Gasteiger partial charge in [-0.1, -0.05) is 11.6 Å². The monoisotopic (exact) mass is 404 g/mol. The van der Waals surface area contributed by atoms with E-state index in [0.717, 1.165) is 57.5 Å². The summed E-state index contributed by atoms with van der Waals surface area (Å²) in [7, 11) is 0. The molecule has 0 spiro atoms. The summed E-state index contributed by atoms with van der Waals surface area (Å²) in [6, 6.07) is 4.40. The van der Waals surface area contributed by atoms with Gasteiger partial charge in [0.15, 0.2) is 0 Å². The Labute approximate surface area is 164 Å². The second kappa shape index (κ2) is 9.01. The number of halogens is 4. The van der Waals surface area contributed by atoms with Gasteiger partial charge < -0.3 is 15.0 Å². The van der Waals surface area contributed by atoms with E-state index in [1.165, 1.54) is 18.9 Å². The number of likely N-dealkylation sites (tertiary alicyclic amines) is 1. The Balaban J connectivity index is 1.47. The van der Waals surface area contributed by atoms with E-state index in [-0.39, 0.29) is 11.1 Å². The molecule has 1 heterocycles. The first-order valence-electron chi connectivity index (χ1n) is 9.85. The number of alkyl halides is 3. The van der Waals surface area contributed by atoms with Crippen LogP contribution in [-0.2, 0) is 10.9 Å². The summed E-state index contributed by atoms with van der Waals surface area (Å²) in [5.74, 6) is 0. The smallest absolute Gasteiger partial charge is 0.381 e. The van der Waals surface area contributed by atoms with Crippen molar-refractivity contribution in [3.05, 3.63) is 28.8 Å². The van der Waals surface area contributed by atoms with Gasteiger partial charge in [0, 0.05) is 31.8 Å². The quantitative estimate of drug-likeness (QED) is 0.693. The number of rotatable bonds is 5. The Morgan fingerprint density at radius 2 is 1.78 bits per heavy atom. The van der Waals surface area contributed by atoms with Gasteiger partial charge in [-0.25, -0.2) is 0 Å². The van der Waals surface area contributed by atoms with Crippen LogP contribution in [-0.4, -0.2) is 42.8 Å². The predicted octanol–water partition coefficient (Wildman–Crippen LogP) is 5.58. The summed E-state index contributed by atoms with van der Waals surface area (Å²) in [6.45, 7) is 4.87. The molecule has 2 fully saturated rings. The summed E-state index contributed by atoms with van der Waals surface area (Å²) in [5.41, 5.74) is -0.129. The minimum atomic E-state index is -4.37. The number of benzene rings is 1. The van der Waals surface area contributed by atoms with Crippen LogP contribution in [0.15, 0.2) is 18.2 Å². The van der Waals surface area contributed by atoms with Gasteiger partial charge in [0.1, 0.15) is 0 Å². The van der Waals surface area contributed by atoms with Gasteiger partial charge in [-0.3, -0.25) is 0 Å². The van der Waals surface area contributed by atoms with Crippen molar-refractivity contribution in [2.45, 2.75) is 69.8 Å². The zero-order chi connectivity index (χ0) is 19.4. The highest BCUT2D eigenvalue weighted by molar-refractivity contribution is 6.33. The van der Waals surface area contributed by atoms with E-state index >= 15 is 0 Å². The molecule has 1 saturated carbocycles. The molecule has 0 amide bonds. The molecule has 2 aliphatic rings. The van der Waals surface area contributed by atoms with Crippen LogP contribution in [0.2, 0.25) is 5.02 Å². The molecule has 1 aliphatic heterocycles. The third-order valence-corrected chi connectivity index (χ3v) is 6.06.